The first-order valence-electron chi connectivity index (χ1n) is 6.42. The maximum absolute atomic E-state index is 5.79. The lowest BCUT2D eigenvalue weighted by molar-refractivity contribution is 0.288. The molecule has 0 spiro atoms. The number of imidazole rings is 1. The van der Waals surface area contributed by atoms with E-state index in [0.29, 0.717) is 6.61 Å². The summed E-state index contributed by atoms with van der Waals surface area (Å²) in [6, 6.07) is 8.08. The molecule has 2 heterocycles. The van der Waals surface area contributed by atoms with Crippen molar-refractivity contribution in [1.82, 2.24) is 9.55 Å². The smallest absolute Gasteiger partial charge is 0.149 e. The molecule has 5 heteroatoms. The minimum Gasteiger partial charge on any atom is -0.486 e. The molecule has 1 aromatic carbocycles. The Morgan fingerprint density at radius 2 is 2.16 bits per heavy atom. The number of nitrogens with zero attached hydrogens (tertiary/aromatic N) is 2. The van der Waals surface area contributed by atoms with E-state index < -0.39 is 0 Å². The Bertz CT molecular complexity index is 577. The maximum Gasteiger partial charge on any atom is 0.149 e. The van der Waals surface area contributed by atoms with Crippen molar-refractivity contribution in [1.29, 1.82) is 0 Å². The molecule has 0 saturated carbocycles. The number of rotatable bonds is 3. The van der Waals surface area contributed by atoms with E-state index in [2.05, 4.69) is 37.7 Å². The van der Waals surface area contributed by atoms with Crippen LogP contribution in [-0.4, -0.2) is 16.1 Å². The molecule has 3 rings (SSSR count). The van der Waals surface area contributed by atoms with Crippen LogP contribution in [0.15, 0.2) is 28.9 Å². The summed E-state index contributed by atoms with van der Waals surface area (Å²) in [6.45, 7) is 4.55. The van der Waals surface area contributed by atoms with E-state index in [-0.39, 0.29) is 0 Å². The second-order valence-corrected chi connectivity index (χ2v) is 5.45. The molecule has 4 nitrogen and oxygen atoms in total. The highest BCUT2D eigenvalue weighted by molar-refractivity contribution is 9.10. The minimum absolute atomic E-state index is 0.489. The maximum atomic E-state index is 5.79. The highest BCUT2D eigenvalue weighted by Crippen LogP contribution is 2.27. The minimum atomic E-state index is 0.489. The zero-order chi connectivity index (χ0) is 13.2. The molecule has 0 fully saturated rings. The van der Waals surface area contributed by atoms with Gasteiger partial charge in [0.15, 0.2) is 0 Å². The van der Waals surface area contributed by atoms with Crippen molar-refractivity contribution in [3.63, 3.8) is 0 Å². The molecule has 19 heavy (non-hydrogen) atoms. The monoisotopic (exact) mass is 321 g/mol. The number of halogens is 1. The summed E-state index contributed by atoms with van der Waals surface area (Å²) in [5.41, 5.74) is 1.23. The standard InChI is InChI=1S/C14H16BrN3O/c1-10-3-5-11(6-4-10)19-9-12-17-13(15)14-16-7-2-8-18(12)14/h3-6,16H,2,7-9H2,1H3. The summed E-state index contributed by atoms with van der Waals surface area (Å²) >= 11 is 3.49. The summed E-state index contributed by atoms with van der Waals surface area (Å²) < 4.78 is 8.85. The Labute approximate surface area is 120 Å². The highest BCUT2D eigenvalue weighted by atomic mass is 79.9. The first-order valence-corrected chi connectivity index (χ1v) is 7.21. The van der Waals surface area contributed by atoms with E-state index in [1.165, 1.54) is 5.56 Å². The highest BCUT2D eigenvalue weighted by Gasteiger charge is 2.18. The molecule has 0 unspecified atom stereocenters. The van der Waals surface area contributed by atoms with Crippen molar-refractivity contribution in [2.24, 2.45) is 0 Å². The number of hydrogen-bond acceptors (Lipinski definition) is 3. The fourth-order valence-electron chi connectivity index (χ4n) is 2.21. The molecule has 0 radical (unpaired) electrons. The predicted molar refractivity (Wildman–Crippen MR) is 78.5 cm³/mol. The number of fused-ring (bicyclic) bond motifs is 1. The normalized spacial score (nSPS) is 13.8. The van der Waals surface area contributed by atoms with E-state index in [1.54, 1.807) is 0 Å². The quantitative estimate of drug-likeness (QED) is 0.942. The van der Waals surface area contributed by atoms with Gasteiger partial charge in [0.2, 0.25) is 0 Å². The lowest BCUT2D eigenvalue weighted by Gasteiger charge is -2.18. The van der Waals surface area contributed by atoms with Crippen LogP contribution in [0.5, 0.6) is 5.75 Å². The summed E-state index contributed by atoms with van der Waals surface area (Å²) in [5, 5.41) is 3.35. The molecule has 0 aliphatic carbocycles. The Balaban J connectivity index is 1.75. The Kier molecular flexibility index (Phi) is 3.46. The van der Waals surface area contributed by atoms with E-state index in [0.717, 1.165) is 41.5 Å². The first kappa shape index (κ1) is 12.5. The van der Waals surface area contributed by atoms with Gasteiger partial charge in [-0.25, -0.2) is 4.98 Å². The van der Waals surface area contributed by atoms with Gasteiger partial charge in [-0.2, -0.15) is 0 Å². The van der Waals surface area contributed by atoms with Crippen LogP contribution in [0.2, 0.25) is 0 Å². The van der Waals surface area contributed by atoms with Gasteiger partial charge in [0.05, 0.1) is 0 Å². The molecule has 1 aliphatic heterocycles. The van der Waals surface area contributed by atoms with Gasteiger partial charge in [-0.15, -0.1) is 0 Å². The molecule has 0 bridgehead atoms. The molecular weight excluding hydrogens is 306 g/mol. The molecule has 2 aromatic rings. The third-order valence-electron chi connectivity index (χ3n) is 3.24. The van der Waals surface area contributed by atoms with E-state index >= 15 is 0 Å². The number of ether oxygens (including phenoxy) is 1. The van der Waals surface area contributed by atoms with E-state index in [1.807, 2.05) is 24.3 Å². The average molecular weight is 322 g/mol. The van der Waals surface area contributed by atoms with Crippen LogP contribution in [-0.2, 0) is 13.2 Å². The van der Waals surface area contributed by atoms with Crippen LogP contribution in [0.3, 0.4) is 0 Å². The first-order chi connectivity index (χ1) is 9.24. The summed E-state index contributed by atoms with van der Waals surface area (Å²) in [4.78, 5) is 4.52. The SMILES string of the molecule is Cc1ccc(OCc2nc(Br)c3n2CCCN3)cc1. The van der Waals surface area contributed by atoms with Crippen molar-refractivity contribution < 1.29 is 4.74 Å². The van der Waals surface area contributed by atoms with Gasteiger partial charge in [-0.05, 0) is 41.4 Å². The van der Waals surface area contributed by atoms with E-state index in [9.17, 15) is 0 Å². The topological polar surface area (TPSA) is 39.1 Å². The third kappa shape index (κ3) is 2.61. The number of aryl methyl sites for hydroxylation is 1. The molecule has 0 atom stereocenters. The van der Waals surface area contributed by atoms with E-state index in [4.69, 9.17) is 4.74 Å². The second kappa shape index (κ2) is 5.25. The van der Waals surface area contributed by atoms with Crippen molar-refractivity contribution in [3.8, 4) is 5.75 Å². The van der Waals surface area contributed by atoms with Crippen LogP contribution < -0.4 is 10.1 Å². The van der Waals surface area contributed by atoms with Crippen LogP contribution >= 0.6 is 15.9 Å². The van der Waals surface area contributed by atoms with Gasteiger partial charge in [0, 0.05) is 13.1 Å². The van der Waals surface area contributed by atoms with Crippen molar-refractivity contribution >= 4 is 21.7 Å². The van der Waals surface area contributed by atoms with Gasteiger partial charge >= 0.3 is 0 Å². The summed E-state index contributed by atoms with van der Waals surface area (Å²) in [5.74, 6) is 2.89. The van der Waals surface area contributed by atoms with Crippen LogP contribution in [0.4, 0.5) is 5.82 Å². The molecule has 100 valence electrons. The van der Waals surface area contributed by atoms with Crippen LogP contribution in [0.1, 0.15) is 17.8 Å². The molecular formula is C14H16BrN3O. The van der Waals surface area contributed by atoms with Crippen LogP contribution in [0.25, 0.3) is 0 Å². The van der Waals surface area contributed by atoms with Gasteiger partial charge in [-0.1, -0.05) is 17.7 Å². The average Bonchev–Trinajstić information content (AvgIpc) is 2.76. The molecule has 1 aromatic heterocycles. The third-order valence-corrected chi connectivity index (χ3v) is 3.80. The number of anilines is 1. The number of nitrogens with one attached hydrogen (secondary N) is 1. The fraction of sp³-hybridized carbons (Fsp3) is 0.357. The zero-order valence-electron chi connectivity index (χ0n) is 10.8. The Morgan fingerprint density at radius 1 is 1.37 bits per heavy atom. The Morgan fingerprint density at radius 3 is 2.95 bits per heavy atom. The molecule has 1 N–H and O–H groups in total. The van der Waals surface area contributed by atoms with Crippen LogP contribution in [0, 0.1) is 6.92 Å². The van der Waals surface area contributed by atoms with Crippen molar-refractivity contribution in [2.75, 3.05) is 11.9 Å². The number of aromatic nitrogens is 2. The lowest BCUT2D eigenvalue weighted by Crippen LogP contribution is -2.19. The lowest BCUT2D eigenvalue weighted by atomic mass is 10.2. The molecule has 0 saturated heterocycles. The Hall–Kier alpha value is -1.49. The second-order valence-electron chi connectivity index (χ2n) is 4.70. The van der Waals surface area contributed by atoms with Gasteiger partial charge < -0.3 is 14.6 Å². The summed E-state index contributed by atoms with van der Waals surface area (Å²) in [7, 11) is 0. The molecule has 0 amide bonds. The fourth-order valence-corrected chi connectivity index (χ4v) is 2.77. The zero-order valence-corrected chi connectivity index (χ0v) is 12.4. The predicted octanol–water partition coefficient (Wildman–Crippen LogP) is 3.35. The van der Waals surface area contributed by atoms with Gasteiger partial charge in [-0.3, -0.25) is 0 Å². The van der Waals surface area contributed by atoms with Crippen molar-refractivity contribution in [3.05, 3.63) is 40.3 Å². The van der Waals surface area contributed by atoms with Gasteiger partial charge in [0.25, 0.3) is 0 Å². The summed E-state index contributed by atoms with van der Waals surface area (Å²) in [6.07, 6.45) is 1.12. The molecule has 1 aliphatic rings. The largest absolute Gasteiger partial charge is 0.486 e. The van der Waals surface area contributed by atoms with Crippen molar-refractivity contribution in [2.45, 2.75) is 26.5 Å². The van der Waals surface area contributed by atoms with Gasteiger partial charge in [0.1, 0.15) is 28.6 Å². The number of hydrogen-bond donors (Lipinski definition) is 1. The number of benzene rings is 1.